The predicted molar refractivity (Wildman–Crippen MR) is 27.0 cm³/mol. The molecule has 2 N–H and O–H groups in total. The van der Waals surface area contributed by atoms with Crippen LogP contribution in [0.25, 0.3) is 0 Å². The van der Waals surface area contributed by atoms with Crippen LogP contribution in [0.1, 0.15) is 5.69 Å². The fourth-order valence-corrected chi connectivity index (χ4v) is 0.697. The van der Waals surface area contributed by atoms with Gasteiger partial charge in [-0.05, 0) is 0 Å². The number of aromatic nitrogens is 2. The minimum absolute atomic E-state index is 0.593. The summed E-state index contributed by atoms with van der Waals surface area (Å²) in [6, 6.07) is 0. The minimum atomic E-state index is 0.593. The van der Waals surface area contributed by atoms with Crippen LogP contribution in [0.3, 0.4) is 0 Å². The van der Waals surface area contributed by atoms with Crippen molar-refractivity contribution in [2.24, 2.45) is 0 Å². The lowest BCUT2D eigenvalue weighted by Gasteiger charge is -1.86. The molecule has 1 aliphatic heterocycles. The fourth-order valence-electron chi connectivity index (χ4n) is 0.697. The molecule has 4 nitrogen and oxygen atoms in total. The van der Waals surface area contributed by atoms with E-state index in [1.807, 2.05) is 0 Å². The van der Waals surface area contributed by atoms with Gasteiger partial charge in [0.15, 0.2) is 0 Å². The third-order valence-electron chi connectivity index (χ3n) is 1.12. The number of nitrogens with one attached hydrogen (secondary N) is 2. The molecule has 0 atom stereocenters. The lowest BCUT2D eigenvalue weighted by atomic mass is 10.4. The van der Waals surface area contributed by atoms with E-state index in [0.29, 0.717) is 6.61 Å². The maximum Gasteiger partial charge on any atom is 0.118 e. The summed E-state index contributed by atoms with van der Waals surface area (Å²) in [5.41, 5.74) is 4.65. The highest BCUT2D eigenvalue weighted by Crippen LogP contribution is 2.17. The molecule has 0 unspecified atom stereocenters. The number of nitrogens with zero attached hydrogens (tertiary/aromatic N) is 1. The molecule has 42 valence electrons. The van der Waals surface area contributed by atoms with Gasteiger partial charge in [0, 0.05) is 0 Å². The second-order valence-corrected chi connectivity index (χ2v) is 1.65. The molecule has 0 aromatic carbocycles. The highest BCUT2D eigenvalue weighted by molar-refractivity contribution is 5.45. The monoisotopic (exact) mass is 111 g/mol. The molecule has 1 aliphatic rings. The van der Waals surface area contributed by atoms with Crippen molar-refractivity contribution in [1.29, 1.82) is 0 Å². The Morgan fingerprint density at radius 2 is 2.75 bits per heavy atom. The van der Waals surface area contributed by atoms with Crippen molar-refractivity contribution in [2.75, 3.05) is 5.48 Å². The normalized spacial score (nSPS) is 15.5. The summed E-state index contributed by atoms with van der Waals surface area (Å²) in [6.07, 6.45) is 1.70. The van der Waals surface area contributed by atoms with Crippen LogP contribution in [0.4, 0.5) is 5.69 Å². The van der Waals surface area contributed by atoms with Gasteiger partial charge < -0.3 is 0 Å². The Kier molecular flexibility index (Phi) is 0.599. The topological polar surface area (TPSA) is 49.9 Å². The number of H-pyrrole nitrogens is 1. The van der Waals surface area contributed by atoms with Crippen molar-refractivity contribution in [2.45, 2.75) is 6.61 Å². The van der Waals surface area contributed by atoms with Gasteiger partial charge in [-0.25, -0.2) is 0 Å². The number of hydrogen-bond donors (Lipinski definition) is 2. The summed E-state index contributed by atoms with van der Waals surface area (Å²) in [4.78, 5) is 4.83. The zero-order chi connectivity index (χ0) is 5.40. The first-order valence-corrected chi connectivity index (χ1v) is 2.37. The van der Waals surface area contributed by atoms with E-state index >= 15 is 0 Å². The van der Waals surface area contributed by atoms with E-state index in [1.54, 1.807) is 6.20 Å². The first-order valence-electron chi connectivity index (χ1n) is 2.37. The second kappa shape index (κ2) is 1.23. The third kappa shape index (κ3) is 0.350. The Morgan fingerprint density at radius 1 is 1.75 bits per heavy atom. The highest BCUT2D eigenvalue weighted by Gasteiger charge is 2.10. The summed E-state index contributed by atoms with van der Waals surface area (Å²) in [5.74, 6) is 0. The van der Waals surface area contributed by atoms with Crippen molar-refractivity contribution >= 4 is 5.69 Å². The lowest BCUT2D eigenvalue weighted by molar-refractivity contribution is 0.198. The standard InChI is InChI=1S/C4H5N3O/c1-3-4(6-5-1)2-8-7-3/h1,7H,2H2,(H,5,6). The zero-order valence-corrected chi connectivity index (χ0v) is 4.14. The summed E-state index contributed by atoms with van der Waals surface area (Å²) >= 11 is 0. The molecular formula is C4H5N3O. The molecule has 0 saturated heterocycles. The zero-order valence-electron chi connectivity index (χ0n) is 4.14. The van der Waals surface area contributed by atoms with E-state index in [2.05, 4.69) is 15.7 Å². The number of rotatable bonds is 0. The van der Waals surface area contributed by atoms with Gasteiger partial charge in [0.05, 0.1) is 11.9 Å². The predicted octanol–water partition coefficient (Wildman–Crippen LogP) is 0.267. The SMILES string of the molecule is c1n[nH]c2c1NOC2. The minimum Gasteiger partial charge on any atom is -0.278 e. The van der Waals surface area contributed by atoms with Crippen molar-refractivity contribution in [1.82, 2.24) is 10.2 Å². The average molecular weight is 111 g/mol. The number of hydrogen-bond acceptors (Lipinski definition) is 3. The average Bonchev–Trinajstić information content (AvgIpc) is 2.15. The molecular weight excluding hydrogens is 106 g/mol. The third-order valence-corrected chi connectivity index (χ3v) is 1.12. The molecule has 0 aliphatic carbocycles. The molecule has 0 amide bonds. The molecule has 1 aromatic rings. The van der Waals surface area contributed by atoms with Crippen molar-refractivity contribution < 1.29 is 4.84 Å². The fraction of sp³-hybridized carbons (Fsp3) is 0.250. The largest absolute Gasteiger partial charge is 0.278 e. The Morgan fingerprint density at radius 3 is 3.62 bits per heavy atom. The summed E-state index contributed by atoms with van der Waals surface area (Å²) in [5, 5.41) is 6.56. The quantitative estimate of drug-likeness (QED) is 0.505. The van der Waals surface area contributed by atoms with Crippen molar-refractivity contribution in [3.63, 3.8) is 0 Å². The van der Waals surface area contributed by atoms with E-state index in [-0.39, 0.29) is 0 Å². The van der Waals surface area contributed by atoms with Crippen LogP contribution in [0, 0.1) is 0 Å². The Balaban J connectivity index is 2.54. The van der Waals surface area contributed by atoms with Gasteiger partial charge in [-0.2, -0.15) is 5.10 Å². The molecule has 8 heavy (non-hydrogen) atoms. The molecule has 1 aromatic heterocycles. The first kappa shape index (κ1) is 3.91. The van der Waals surface area contributed by atoms with E-state index in [0.717, 1.165) is 11.4 Å². The van der Waals surface area contributed by atoms with Gasteiger partial charge in [-0.3, -0.25) is 15.4 Å². The van der Waals surface area contributed by atoms with Gasteiger partial charge in [0.25, 0.3) is 0 Å². The van der Waals surface area contributed by atoms with E-state index in [9.17, 15) is 0 Å². The number of fused-ring (bicyclic) bond motifs is 1. The molecule has 0 saturated carbocycles. The van der Waals surface area contributed by atoms with Crippen LogP contribution in [0.15, 0.2) is 6.20 Å². The second-order valence-electron chi connectivity index (χ2n) is 1.65. The molecule has 0 spiro atoms. The Hall–Kier alpha value is -1.03. The van der Waals surface area contributed by atoms with Crippen LogP contribution in [-0.4, -0.2) is 10.2 Å². The molecule has 0 bridgehead atoms. The highest BCUT2D eigenvalue weighted by atomic mass is 16.7. The van der Waals surface area contributed by atoms with Crippen LogP contribution >= 0.6 is 0 Å². The van der Waals surface area contributed by atoms with Crippen molar-refractivity contribution in [3.05, 3.63) is 11.9 Å². The Bertz CT molecular complexity index is 176. The summed E-state index contributed by atoms with van der Waals surface area (Å²) in [7, 11) is 0. The van der Waals surface area contributed by atoms with Crippen LogP contribution in [0.5, 0.6) is 0 Å². The molecule has 2 rings (SSSR count). The molecule has 4 heteroatoms. The molecule has 2 heterocycles. The Labute approximate surface area is 45.8 Å². The summed E-state index contributed by atoms with van der Waals surface area (Å²) in [6.45, 7) is 0.593. The molecule has 0 fully saturated rings. The van der Waals surface area contributed by atoms with Crippen LogP contribution < -0.4 is 5.48 Å². The van der Waals surface area contributed by atoms with Crippen LogP contribution in [-0.2, 0) is 11.4 Å². The first-order chi connectivity index (χ1) is 3.97. The van der Waals surface area contributed by atoms with Crippen molar-refractivity contribution in [3.8, 4) is 0 Å². The van der Waals surface area contributed by atoms with E-state index in [1.165, 1.54) is 0 Å². The van der Waals surface area contributed by atoms with E-state index < -0.39 is 0 Å². The van der Waals surface area contributed by atoms with Crippen LogP contribution in [0.2, 0.25) is 0 Å². The van der Waals surface area contributed by atoms with Gasteiger partial charge in [0.2, 0.25) is 0 Å². The van der Waals surface area contributed by atoms with E-state index in [4.69, 9.17) is 4.84 Å². The maximum atomic E-state index is 4.83. The number of aromatic amines is 1. The lowest BCUT2D eigenvalue weighted by Crippen LogP contribution is -1.87. The van der Waals surface area contributed by atoms with Gasteiger partial charge >= 0.3 is 0 Å². The number of anilines is 1. The molecule has 0 radical (unpaired) electrons. The van der Waals surface area contributed by atoms with Gasteiger partial charge in [-0.1, -0.05) is 0 Å². The smallest absolute Gasteiger partial charge is 0.118 e. The maximum absolute atomic E-state index is 4.83. The van der Waals surface area contributed by atoms with Gasteiger partial charge in [-0.15, -0.1) is 0 Å². The summed E-state index contributed by atoms with van der Waals surface area (Å²) < 4.78 is 0. The van der Waals surface area contributed by atoms with Gasteiger partial charge in [0.1, 0.15) is 12.3 Å².